The Labute approximate surface area is 183 Å². The van der Waals surface area contributed by atoms with E-state index in [1.165, 1.54) is 5.56 Å². The van der Waals surface area contributed by atoms with Gasteiger partial charge in [-0.25, -0.2) is 0 Å². The molecule has 2 aliphatic heterocycles. The number of fused-ring (bicyclic) bond motifs is 3. The zero-order valence-corrected chi connectivity index (χ0v) is 18.1. The second kappa shape index (κ2) is 8.40. The number of nitrogens with zero attached hydrogens (tertiary/aromatic N) is 2. The number of carbonyl (C=O) groups is 1. The maximum atomic E-state index is 12.7. The quantitative estimate of drug-likeness (QED) is 0.686. The molecule has 5 rings (SSSR count). The molecule has 5 nitrogen and oxygen atoms in total. The van der Waals surface area contributed by atoms with Crippen molar-refractivity contribution in [3.05, 3.63) is 77.5 Å². The van der Waals surface area contributed by atoms with E-state index in [1.54, 1.807) is 11.8 Å². The molecule has 31 heavy (non-hydrogen) atoms. The van der Waals surface area contributed by atoms with E-state index in [9.17, 15) is 4.79 Å². The first kappa shape index (κ1) is 20.2. The monoisotopic (exact) mass is 414 g/mol. The van der Waals surface area contributed by atoms with Crippen molar-refractivity contribution in [3.8, 4) is 0 Å². The lowest BCUT2D eigenvalue weighted by Gasteiger charge is -2.46. The van der Waals surface area contributed by atoms with Crippen molar-refractivity contribution in [2.45, 2.75) is 37.8 Å². The van der Waals surface area contributed by atoms with Gasteiger partial charge in [-0.05, 0) is 56.1 Å². The summed E-state index contributed by atoms with van der Waals surface area (Å²) in [5.74, 6) is -0.0513. The summed E-state index contributed by atoms with van der Waals surface area (Å²) in [7, 11) is 0. The summed E-state index contributed by atoms with van der Waals surface area (Å²) in [5, 5.41) is 7.79. The van der Waals surface area contributed by atoms with Gasteiger partial charge in [0.1, 0.15) is 0 Å². The highest BCUT2D eigenvalue weighted by atomic mass is 16.1. The summed E-state index contributed by atoms with van der Waals surface area (Å²) >= 11 is 0. The van der Waals surface area contributed by atoms with Crippen LogP contribution in [0.25, 0.3) is 10.9 Å². The maximum absolute atomic E-state index is 12.7. The fourth-order valence-corrected chi connectivity index (χ4v) is 5.27. The van der Waals surface area contributed by atoms with E-state index < -0.39 is 0 Å². The lowest BCUT2D eigenvalue weighted by Crippen LogP contribution is -2.52. The second-order valence-corrected chi connectivity index (χ2v) is 9.13. The van der Waals surface area contributed by atoms with Crippen LogP contribution in [-0.2, 0) is 12.0 Å². The number of benzene rings is 2. The van der Waals surface area contributed by atoms with Gasteiger partial charge in [0, 0.05) is 42.7 Å². The summed E-state index contributed by atoms with van der Waals surface area (Å²) in [6, 6.07) is 18.8. The smallest absolute Gasteiger partial charge is 0.253 e. The molecule has 1 atom stereocenters. The van der Waals surface area contributed by atoms with Crippen molar-refractivity contribution in [2.75, 3.05) is 26.2 Å². The molecule has 1 saturated heterocycles. The first-order chi connectivity index (χ1) is 15.1. The minimum absolute atomic E-state index is 0.0513. The number of hydrogen-bond donors (Lipinski definition) is 2. The zero-order chi connectivity index (χ0) is 21.3. The van der Waals surface area contributed by atoms with Crippen molar-refractivity contribution in [1.29, 1.82) is 0 Å². The third-order valence-corrected chi connectivity index (χ3v) is 6.94. The predicted molar refractivity (Wildman–Crippen MR) is 124 cm³/mol. The van der Waals surface area contributed by atoms with E-state index in [0.29, 0.717) is 5.56 Å². The number of carbonyl (C=O) groups excluding carboxylic acids is 1. The predicted octanol–water partition coefficient (Wildman–Crippen LogP) is 3.49. The third kappa shape index (κ3) is 4.08. The summed E-state index contributed by atoms with van der Waals surface area (Å²) < 4.78 is 0. The summed E-state index contributed by atoms with van der Waals surface area (Å²) in [4.78, 5) is 19.6. The molecule has 0 bridgehead atoms. The van der Waals surface area contributed by atoms with Gasteiger partial charge in [-0.1, -0.05) is 42.5 Å². The normalized spacial score (nSPS) is 19.1. The van der Waals surface area contributed by atoms with Crippen molar-refractivity contribution < 1.29 is 4.79 Å². The molecular weight excluding hydrogens is 384 g/mol. The van der Waals surface area contributed by atoms with E-state index in [1.807, 2.05) is 30.3 Å². The molecule has 1 amide bonds. The standard InChI is InChI=1S/C26H30N4O/c1-19(29-25(31)22-14-20-6-3-5-9-24(20)28-16-22)17-30-12-10-26(11-13-30)18-27-15-21-7-2-4-8-23(21)26/h2-9,14,16,19,27H,10-13,15,17-18H2,1H3,(H,29,31)/t19-/m1/s1. The van der Waals surface area contributed by atoms with Crippen molar-refractivity contribution >= 4 is 16.8 Å². The van der Waals surface area contributed by atoms with E-state index in [-0.39, 0.29) is 17.4 Å². The molecule has 2 aliphatic rings. The lowest BCUT2D eigenvalue weighted by atomic mass is 9.69. The Morgan fingerprint density at radius 2 is 1.94 bits per heavy atom. The van der Waals surface area contributed by atoms with Crippen LogP contribution in [0.3, 0.4) is 0 Å². The van der Waals surface area contributed by atoms with Crippen LogP contribution in [0.5, 0.6) is 0 Å². The van der Waals surface area contributed by atoms with Crippen LogP contribution >= 0.6 is 0 Å². The van der Waals surface area contributed by atoms with Gasteiger partial charge >= 0.3 is 0 Å². The second-order valence-electron chi connectivity index (χ2n) is 9.13. The Balaban J connectivity index is 1.18. The molecule has 1 aromatic heterocycles. The number of rotatable bonds is 4. The molecule has 2 aromatic carbocycles. The van der Waals surface area contributed by atoms with Gasteiger partial charge in [0.2, 0.25) is 0 Å². The molecule has 1 fully saturated rings. The molecular formula is C26H30N4O. The highest BCUT2D eigenvalue weighted by Gasteiger charge is 2.39. The molecule has 160 valence electrons. The minimum atomic E-state index is -0.0513. The first-order valence-electron chi connectivity index (χ1n) is 11.3. The van der Waals surface area contributed by atoms with Crippen LogP contribution < -0.4 is 10.6 Å². The molecule has 2 N–H and O–H groups in total. The average molecular weight is 415 g/mol. The van der Waals surface area contributed by atoms with Gasteiger partial charge < -0.3 is 15.5 Å². The minimum Gasteiger partial charge on any atom is -0.348 e. The number of aromatic nitrogens is 1. The van der Waals surface area contributed by atoms with Crippen LogP contribution in [0.4, 0.5) is 0 Å². The highest BCUT2D eigenvalue weighted by Crippen LogP contribution is 2.39. The lowest BCUT2D eigenvalue weighted by molar-refractivity contribution is 0.0912. The fourth-order valence-electron chi connectivity index (χ4n) is 5.27. The number of pyridine rings is 1. The number of amides is 1. The van der Waals surface area contributed by atoms with Crippen LogP contribution in [-0.4, -0.2) is 48.0 Å². The SMILES string of the molecule is C[C@H](CN1CCC2(CC1)CNCc1ccccc12)NC(=O)c1cnc2ccccc2c1. The molecule has 0 radical (unpaired) electrons. The number of piperidine rings is 1. The van der Waals surface area contributed by atoms with Crippen LogP contribution in [0.2, 0.25) is 0 Å². The Bertz CT molecular complexity index is 1090. The number of likely N-dealkylation sites (tertiary alicyclic amines) is 1. The Kier molecular flexibility index (Phi) is 5.47. The van der Waals surface area contributed by atoms with Gasteiger partial charge in [-0.2, -0.15) is 0 Å². The van der Waals surface area contributed by atoms with Gasteiger partial charge in [0.05, 0.1) is 11.1 Å². The highest BCUT2D eigenvalue weighted by molar-refractivity contribution is 5.97. The maximum Gasteiger partial charge on any atom is 0.253 e. The van der Waals surface area contributed by atoms with Crippen molar-refractivity contribution in [1.82, 2.24) is 20.5 Å². The molecule has 3 aromatic rings. The molecule has 0 unspecified atom stereocenters. The van der Waals surface area contributed by atoms with E-state index in [2.05, 4.69) is 51.7 Å². The van der Waals surface area contributed by atoms with E-state index in [0.717, 1.165) is 56.5 Å². The fraction of sp³-hybridized carbons (Fsp3) is 0.385. The van der Waals surface area contributed by atoms with Gasteiger partial charge in [-0.15, -0.1) is 0 Å². The summed E-state index contributed by atoms with van der Waals surface area (Å²) in [6.45, 7) is 7.14. The molecule has 1 spiro atoms. The van der Waals surface area contributed by atoms with Crippen LogP contribution in [0.1, 0.15) is 41.3 Å². The molecule has 0 saturated carbocycles. The van der Waals surface area contributed by atoms with E-state index in [4.69, 9.17) is 0 Å². The van der Waals surface area contributed by atoms with E-state index >= 15 is 0 Å². The van der Waals surface area contributed by atoms with Crippen molar-refractivity contribution in [2.24, 2.45) is 0 Å². The number of nitrogens with one attached hydrogen (secondary N) is 2. The number of hydrogen-bond acceptors (Lipinski definition) is 4. The van der Waals surface area contributed by atoms with Gasteiger partial charge in [0.25, 0.3) is 5.91 Å². The number of para-hydroxylation sites is 1. The topological polar surface area (TPSA) is 57.3 Å². The Hall–Kier alpha value is -2.76. The van der Waals surface area contributed by atoms with Crippen molar-refractivity contribution in [3.63, 3.8) is 0 Å². The van der Waals surface area contributed by atoms with Gasteiger partial charge in [-0.3, -0.25) is 9.78 Å². The molecule has 3 heterocycles. The van der Waals surface area contributed by atoms with Crippen LogP contribution in [0, 0.1) is 0 Å². The zero-order valence-electron chi connectivity index (χ0n) is 18.1. The Morgan fingerprint density at radius 1 is 1.16 bits per heavy atom. The third-order valence-electron chi connectivity index (χ3n) is 6.94. The summed E-state index contributed by atoms with van der Waals surface area (Å²) in [6.07, 6.45) is 3.99. The summed E-state index contributed by atoms with van der Waals surface area (Å²) in [5.41, 5.74) is 4.78. The first-order valence-corrected chi connectivity index (χ1v) is 11.3. The molecule has 5 heteroatoms. The van der Waals surface area contributed by atoms with Gasteiger partial charge in [0.15, 0.2) is 0 Å². The Morgan fingerprint density at radius 3 is 2.81 bits per heavy atom. The average Bonchev–Trinajstić information content (AvgIpc) is 2.80. The van der Waals surface area contributed by atoms with Crippen LogP contribution in [0.15, 0.2) is 60.8 Å². The largest absolute Gasteiger partial charge is 0.348 e. The molecule has 0 aliphatic carbocycles.